The van der Waals surface area contributed by atoms with E-state index in [1.54, 1.807) is 17.9 Å². The van der Waals surface area contributed by atoms with E-state index in [4.69, 9.17) is 22.4 Å². The van der Waals surface area contributed by atoms with E-state index in [2.05, 4.69) is 4.98 Å². The first-order chi connectivity index (χ1) is 6.99. The van der Waals surface area contributed by atoms with E-state index in [0.29, 0.717) is 5.15 Å². The van der Waals surface area contributed by atoms with Crippen LogP contribution in [-0.2, 0) is 17.3 Å². The van der Waals surface area contributed by atoms with Crippen LogP contribution in [0.15, 0.2) is 6.33 Å². The highest BCUT2D eigenvalue weighted by Gasteiger charge is 2.55. The molecule has 0 aliphatic heterocycles. The summed E-state index contributed by atoms with van der Waals surface area (Å²) >= 11 is 5.94. The normalized spacial score (nSPS) is 19.9. The lowest BCUT2D eigenvalue weighted by Crippen LogP contribution is -2.42. The summed E-state index contributed by atoms with van der Waals surface area (Å²) in [7, 11) is 1.79. The van der Waals surface area contributed by atoms with E-state index in [9.17, 15) is 4.79 Å². The molecule has 1 aromatic heterocycles. The highest BCUT2D eigenvalue weighted by Crippen LogP contribution is 2.52. The monoisotopic (exact) mass is 229 g/mol. The molecule has 5 nitrogen and oxygen atoms in total. The molecular weight excluding hydrogens is 218 g/mol. The number of aryl methyl sites for hydroxylation is 1. The number of carboxylic acids is 1. The largest absolute Gasteiger partial charge is 0.480 e. The predicted octanol–water partition coefficient (Wildman–Crippen LogP) is 0.517. The number of aromatic nitrogens is 2. The molecule has 1 unspecified atom stereocenters. The molecule has 0 amide bonds. The number of hydrogen-bond acceptors (Lipinski definition) is 3. The lowest BCUT2D eigenvalue weighted by atomic mass is 9.93. The fraction of sp³-hybridized carbons (Fsp3) is 0.556. The zero-order chi connectivity index (χ0) is 11.2. The van der Waals surface area contributed by atoms with Crippen molar-refractivity contribution < 1.29 is 9.90 Å². The molecule has 3 N–H and O–H groups in total. The third-order valence-electron chi connectivity index (χ3n) is 3.01. The van der Waals surface area contributed by atoms with Crippen molar-refractivity contribution in [2.45, 2.75) is 24.3 Å². The molecule has 1 aromatic rings. The number of halogens is 1. The number of nitrogens with two attached hydrogens (primary N) is 1. The van der Waals surface area contributed by atoms with Crippen LogP contribution in [0.1, 0.15) is 18.5 Å². The second-order valence-corrected chi connectivity index (χ2v) is 4.32. The Labute approximate surface area is 91.9 Å². The number of carboxylic acid groups (broad SMARTS) is 1. The summed E-state index contributed by atoms with van der Waals surface area (Å²) in [5, 5.41) is 9.29. The molecular formula is C9H12ClN3O2. The standard InChI is InChI=1S/C9H12ClN3O2/c1-13-4-12-7(10)6(13)9(2-3-9)5(11)8(14)15/h4-5H,2-3,11H2,1H3,(H,14,15). The maximum Gasteiger partial charge on any atom is 0.321 e. The molecule has 0 saturated heterocycles. The number of aliphatic carboxylic acids is 1. The number of nitrogens with zero attached hydrogens (tertiary/aromatic N) is 2. The molecule has 0 bridgehead atoms. The van der Waals surface area contributed by atoms with Gasteiger partial charge < -0.3 is 15.4 Å². The third kappa shape index (κ3) is 1.42. The lowest BCUT2D eigenvalue weighted by Gasteiger charge is -2.20. The summed E-state index contributed by atoms with van der Waals surface area (Å²) in [5.74, 6) is -0.996. The fourth-order valence-electron chi connectivity index (χ4n) is 2.02. The van der Waals surface area contributed by atoms with Crippen LogP contribution in [0.5, 0.6) is 0 Å². The van der Waals surface area contributed by atoms with E-state index < -0.39 is 17.4 Å². The number of carbonyl (C=O) groups is 1. The van der Waals surface area contributed by atoms with Gasteiger partial charge in [0, 0.05) is 12.5 Å². The van der Waals surface area contributed by atoms with Gasteiger partial charge in [0.25, 0.3) is 0 Å². The SMILES string of the molecule is Cn1cnc(Cl)c1C1(C(N)C(=O)O)CC1. The minimum atomic E-state index is -0.996. The molecule has 0 radical (unpaired) electrons. The smallest absolute Gasteiger partial charge is 0.321 e. The predicted molar refractivity (Wildman–Crippen MR) is 54.7 cm³/mol. The van der Waals surface area contributed by atoms with Gasteiger partial charge in [0.05, 0.1) is 12.0 Å². The summed E-state index contributed by atoms with van der Waals surface area (Å²) in [5.41, 5.74) is 5.90. The maximum atomic E-state index is 10.9. The van der Waals surface area contributed by atoms with Gasteiger partial charge in [-0.1, -0.05) is 11.6 Å². The van der Waals surface area contributed by atoms with Crippen LogP contribution in [0.4, 0.5) is 0 Å². The summed E-state index contributed by atoms with van der Waals surface area (Å²) in [6, 6.07) is -0.912. The van der Waals surface area contributed by atoms with Gasteiger partial charge in [-0.05, 0) is 12.8 Å². The van der Waals surface area contributed by atoms with Gasteiger partial charge in [-0.25, -0.2) is 4.98 Å². The minimum Gasteiger partial charge on any atom is -0.480 e. The van der Waals surface area contributed by atoms with Crippen LogP contribution < -0.4 is 5.73 Å². The molecule has 0 aromatic carbocycles. The number of imidazole rings is 1. The Balaban J connectivity index is 2.43. The first kappa shape index (κ1) is 10.4. The maximum absolute atomic E-state index is 10.9. The van der Waals surface area contributed by atoms with Crippen molar-refractivity contribution in [1.82, 2.24) is 9.55 Å². The topological polar surface area (TPSA) is 81.1 Å². The Bertz CT molecular complexity index is 392. The first-order valence-electron chi connectivity index (χ1n) is 4.65. The molecule has 1 aliphatic rings. The Morgan fingerprint density at radius 1 is 1.80 bits per heavy atom. The van der Waals surface area contributed by atoms with Crippen LogP contribution >= 0.6 is 11.6 Å². The molecule has 15 heavy (non-hydrogen) atoms. The zero-order valence-electron chi connectivity index (χ0n) is 8.27. The molecule has 6 heteroatoms. The van der Waals surface area contributed by atoms with Crippen LogP contribution in [0.3, 0.4) is 0 Å². The second kappa shape index (κ2) is 3.21. The van der Waals surface area contributed by atoms with Crippen LogP contribution in [0.2, 0.25) is 5.15 Å². The van der Waals surface area contributed by atoms with E-state index >= 15 is 0 Å². The Morgan fingerprint density at radius 3 is 2.73 bits per heavy atom. The molecule has 2 rings (SSSR count). The highest BCUT2D eigenvalue weighted by atomic mass is 35.5. The molecule has 82 valence electrons. The van der Waals surface area contributed by atoms with Gasteiger partial charge in [-0.3, -0.25) is 4.79 Å². The average molecular weight is 230 g/mol. The Hall–Kier alpha value is -1.07. The van der Waals surface area contributed by atoms with E-state index in [0.717, 1.165) is 18.5 Å². The quantitative estimate of drug-likeness (QED) is 0.792. The van der Waals surface area contributed by atoms with Crippen LogP contribution in [0.25, 0.3) is 0 Å². The Kier molecular flexibility index (Phi) is 2.24. The van der Waals surface area contributed by atoms with Crippen molar-refractivity contribution >= 4 is 17.6 Å². The summed E-state index contributed by atoms with van der Waals surface area (Å²) < 4.78 is 1.75. The van der Waals surface area contributed by atoms with Crippen LogP contribution in [-0.4, -0.2) is 26.7 Å². The van der Waals surface area contributed by atoms with Crippen molar-refractivity contribution in [3.05, 3.63) is 17.2 Å². The van der Waals surface area contributed by atoms with Gasteiger partial charge in [0.15, 0.2) is 5.15 Å². The van der Waals surface area contributed by atoms with Gasteiger partial charge in [-0.2, -0.15) is 0 Å². The first-order valence-corrected chi connectivity index (χ1v) is 5.02. The van der Waals surface area contributed by atoms with Crippen molar-refractivity contribution in [1.29, 1.82) is 0 Å². The van der Waals surface area contributed by atoms with Crippen molar-refractivity contribution in [2.24, 2.45) is 12.8 Å². The van der Waals surface area contributed by atoms with Gasteiger partial charge >= 0.3 is 5.97 Å². The number of rotatable bonds is 3. The van der Waals surface area contributed by atoms with Crippen molar-refractivity contribution in [3.8, 4) is 0 Å². The van der Waals surface area contributed by atoms with Crippen molar-refractivity contribution in [2.75, 3.05) is 0 Å². The highest BCUT2D eigenvalue weighted by molar-refractivity contribution is 6.30. The fourth-order valence-corrected chi connectivity index (χ4v) is 2.39. The summed E-state index contributed by atoms with van der Waals surface area (Å²) in [4.78, 5) is 14.9. The molecule has 1 fully saturated rings. The molecule has 0 spiro atoms. The summed E-state index contributed by atoms with van der Waals surface area (Å²) in [6.45, 7) is 0. The zero-order valence-corrected chi connectivity index (χ0v) is 9.03. The second-order valence-electron chi connectivity index (χ2n) is 3.97. The lowest BCUT2D eigenvalue weighted by molar-refractivity contribution is -0.139. The number of hydrogen-bond donors (Lipinski definition) is 2. The average Bonchev–Trinajstić information content (AvgIpc) is 2.89. The molecule has 1 heterocycles. The summed E-state index contributed by atoms with van der Waals surface area (Å²) in [6.07, 6.45) is 3.08. The van der Waals surface area contributed by atoms with Gasteiger partial charge in [-0.15, -0.1) is 0 Å². The van der Waals surface area contributed by atoms with Gasteiger partial charge in [0.2, 0.25) is 0 Å². The minimum absolute atomic E-state index is 0.353. The molecule has 1 saturated carbocycles. The molecule has 1 aliphatic carbocycles. The van der Waals surface area contributed by atoms with E-state index in [1.165, 1.54) is 0 Å². The Morgan fingerprint density at radius 2 is 2.40 bits per heavy atom. The third-order valence-corrected chi connectivity index (χ3v) is 3.29. The van der Waals surface area contributed by atoms with Gasteiger partial charge in [0.1, 0.15) is 6.04 Å². The van der Waals surface area contributed by atoms with E-state index in [-0.39, 0.29) is 0 Å². The molecule has 1 atom stereocenters. The van der Waals surface area contributed by atoms with Crippen molar-refractivity contribution in [3.63, 3.8) is 0 Å². The van der Waals surface area contributed by atoms with E-state index in [1.807, 2.05) is 0 Å². The van der Waals surface area contributed by atoms with Crippen LogP contribution in [0, 0.1) is 0 Å².